The second kappa shape index (κ2) is 6.39. The Morgan fingerprint density at radius 3 is 2.33 bits per heavy atom. The number of amides is 1. The lowest BCUT2D eigenvalue weighted by atomic mass is 9.79. The maximum atomic E-state index is 13.6. The van der Waals surface area contributed by atoms with E-state index >= 15 is 0 Å². The van der Waals surface area contributed by atoms with E-state index in [0.717, 1.165) is 31.4 Å². The Hall–Kier alpha value is -1.69. The number of hydrazine groups is 1. The largest absolute Gasteiger partial charge is 0.349 e. The molecule has 1 aliphatic rings. The molecule has 0 heterocycles. The quantitative estimate of drug-likeness (QED) is 0.593. The van der Waals surface area contributed by atoms with E-state index in [9.17, 15) is 13.6 Å². The van der Waals surface area contributed by atoms with Gasteiger partial charge >= 0.3 is 0 Å². The van der Waals surface area contributed by atoms with Crippen LogP contribution in [0.1, 0.15) is 43.5 Å². The molecule has 2 rings (SSSR count). The summed E-state index contributed by atoms with van der Waals surface area (Å²) in [7, 11) is 0. The lowest BCUT2D eigenvalue weighted by molar-refractivity contribution is 0.0909. The highest BCUT2D eigenvalue weighted by Crippen LogP contribution is 2.29. The Balaban J connectivity index is 2.07. The highest BCUT2D eigenvalue weighted by molar-refractivity contribution is 5.94. The van der Waals surface area contributed by atoms with Crippen molar-refractivity contribution in [3.63, 3.8) is 0 Å². The van der Waals surface area contributed by atoms with E-state index < -0.39 is 23.2 Å². The molecule has 1 fully saturated rings. The standard InChI is InChI=1S/C15H21F2N3O/c1-8-3-4-11(5-9(8)2)19-15(21)10-6-12(16)14(20-18)13(17)7-10/h6-9,11,20H,3-5,18H2,1-2H3,(H,19,21). The normalized spacial score (nSPS) is 25.5. The Morgan fingerprint density at radius 1 is 1.19 bits per heavy atom. The molecular weight excluding hydrogens is 276 g/mol. The molecule has 6 heteroatoms. The number of halogens is 2. The van der Waals surface area contributed by atoms with E-state index in [2.05, 4.69) is 19.2 Å². The number of anilines is 1. The first-order valence-electron chi connectivity index (χ1n) is 7.19. The predicted molar refractivity (Wildman–Crippen MR) is 77.6 cm³/mol. The van der Waals surface area contributed by atoms with Crippen molar-refractivity contribution in [2.45, 2.75) is 39.2 Å². The zero-order valence-corrected chi connectivity index (χ0v) is 12.2. The Bertz CT molecular complexity index is 513. The lowest BCUT2D eigenvalue weighted by Gasteiger charge is -2.32. The van der Waals surface area contributed by atoms with Gasteiger partial charge in [0.25, 0.3) is 5.91 Å². The second-order valence-corrected chi connectivity index (χ2v) is 5.90. The fraction of sp³-hybridized carbons (Fsp3) is 0.533. The van der Waals surface area contributed by atoms with Crippen molar-refractivity contribution in [2.24, 2.45) is 17.7 Å². The average Bonchev–Trinajstić information content (AvgIpc) is 2.42. The van der Waals surface area contributed by atoms with Crippen molar-refractivity contribution in [2.75, 3.05) is 5.43 Å². The van der Waals surface area contributed by atoms with Crippen LogP contribution in [0.4, 0.5) is 14.5 Å². The maximum absolute atomic E-state index is 13.6. The Kier molecular flexibility index (Phi) is 4.77. The number of hydrogen-bond acceptors (Lipinski definition) is 3. The topological polar surface area (TPSA) is 67.2 Å². The Labute approximate surface area is 123 Å². The monoisotopic (exact) mass is 297 g/mol. The highest BCUT2D eigenvalue weighted by Gasteiger charge is 2.26. The molecule has 21 heavy (non-hydrogen) atoms. The third-order valence-electron chi connectivity index (χ3n) is 4.38. The van der Waals surface area contributed by atoms with Gasteiger partial charge in [0.05, 0.1) is 0 Å². The Morgan fingerprint density at radius 2 is 1.81 bits per heavy atom. The fourth-order valence-electron chi connectivity index (χ4n) is 2.79. The van der Waals surface area contributed by atoms with Gasteiger partial charge in [0.15, 0.2) is 11.6 Å². The molecule has 116 valence electrons. The number of nitrogen functional groups attached to an aromatic ring is 1. The van der Waals surface area contributed by atoms with Crippen molar-refractivity contribution in [3.05, 3.63) is 29.3 Å². The van der Waals surface area contributed by atoms with Crippen LogP contribution in [0.5, 0.6) is 0 Å². The molecule has 1 aliphatic carbocycles. The van der Waals surface area contributed by atoms with Crippen molar-refractivity contribution in [1.82, 2.24) is 5.32 Å². The number of hydrogen-bond donors (Lipinski definition) is 3. The molecule has 1 aromatic rings. The predicted octanol–water partition coefficient (Wildman–Crippen LogP) is 2.80. The SMILES string of the molecule is CC1CCC(NC(=O)c2cc(F)c(NN)c(F)c2)CC1C. The van der Waals surface area contributed by atoms with Gasteiger partial charge in [0, 0.05) is 11.6 Å². The zero-order chi connectivity index (χ0) is 15.6. The molecule has 1 aromatic carbocycles. The molecule has 0 radical (unpaired) electrons. The third-order valence-corrected chi connectivity index (χ3v) is 4.38. The van der Waals surface area contributed by atoms with Crippen LogP contribution in [-0.2, 0) is 0 Å². The molecule has 0 bridgehead atoms. The first-order chi connectivity index (χ1) is 9.92. The van der Waals surface area contributed by atoms with Crippen LogP contribution < -0.4 is 16.6 Å². The van der Waals surface area contributed by atoms with E-state index in [1.54, 1.807) is 0 Å². The van der Waals surface area contributed by atoms with E-state index in [4.69, 9.17) is 5.84 Å². The summed E-state index contributed by atoms with van der Waals surface area (Å²) in [6.07, 6.45) is 2.83. The van der Waals surface area contributed by atoms with Gasteiger partial charge in [-0.1, -0.05) is 13.8 Å². The van der Waals surface area contributed by atoms with Gasteiger partial charge in [-0.15, -0.1) is 0 Å². The minimum Gasteiger partial charge on any atom is -0.349 e. The molecule has 0 spiro atoms. The molecule has 1 saturated carbocycles. The van der Waals surface area contributed by atoms with Crippen LogP contribution in [-0.4, -0.2) is 11.9 Å². The van der Waals surface area contributed by atoms with Gasteiger partial charge < -0.3 is 10.7 Å². The van der Waals surface area contributed by atoms with Crippen LogP contribution >= 0.6 is 0 Å². The smallest absolute Gasteiger partial charge is 0.251 e. The second-order valence-electron chi connectivity index (χ2n) is 5.90. The first kappa shape index (κ1) is 15.7. The summed E-state index contributed by atoms with van der Waals surface area (Å²) in [5.74, 6) is 3.98. The number of rotatable bonds is 3. The zero-order valence-electron chi connectivity index (χ0n) is 12.2. The van der Waals surface area contributed by atoms with Crippen molar-refractivity contribution >= 4 is 11.6 Å². The minimum atomic E-state index is -0.881. The number of nitrogens with one attached hydrogen (secondary N) is 2. The van der Waals surface area contributed by atoms with Gasteiger partial charge in [-0.3, -0.25) is 10.6 Å². The molecule has 0 aliphatic heterocycles. The van der Waals surface area contributed by atoms with Crippen LogP contribution in [0.3, 0.4) is 0 Å². The maximum Gasteiger partial charge on any atom is 0.251 e. The van der Waals surface area contributed by atoms with Crippen LogP contribution in [0.15, 0.2) is 12.1 Å². The van der Waals surface area contributed by atoms with Crippen LogP contribution in [0.25, 0.3) is 0 Å². The fourth-order valence-corrected chi connectivity index (χ4v) is 2.79. The average molecular weight is 297 g/mol. The van der Waals surface area contributed by atoms with E-state index in [1.165, 1.54) is 0 Å². The molecule has 0 saturated heterocycles. The van der Waals surface area contributed by atoms with Gasteiger partial charge in [-0.05, 0) is 43.2 Å². The van der Waals surface area contributed by atoms with Crippen LogP contribution in [0, 0.1) is 23.5 Å². The summed E-state index contributed by atoms with van der Waals surface area (Å²) in [5.41, 5.74) is 1.47. The van der Waals surface area contributed by atoms with E-state index in [1.807, 2.05) is 5.43 Å². The molecule has 1 amide bonds. The van der Waals surface area contributed by atoms with Crippen molar-refractivity contribution < 1.29 is 13.6 Å². The highest BCUT2D eigenvalue weighted by atomic mass is 19.1. The summed E-state index contributed by atoms with van der Waals surface area (Å²) >= 11 is 0. The van der Waals surface area contributed by atoms with E-state index in [0.29, 0.717) is 11.8 Å². The van der Waals surface area contributed by atoms with Gasteiger partial charge in [-0.25, -0.2) is 8.78 Å². The minimum absolute atomic E-state index is 0.0322. The summed E-state index contributed by atoms with van der Waals surface area (Å²) in [4.78, 5) is 12.1. The number of nitrogens with two attached hydrogens (primary N) is 1. The summed E-state index contributed by atoms with van der Waals surface area (Å²) in [6.45, 7) is 4.36. The molecule has 4 N–H and O–H groups in total. The van der Waals surface area contributed by atoms with Gasteiger partial charge in [0.2, 0.25) is 0 Å². The van der Waals surface area contributed by atoms with Crippen LogP contribution in [0.2, 0.25) is 0 Å². The number of carbonyl (C=O) groups excluding carboxylic acids is 1. The lowest BCUT2D eigenvalue weighted by Crippen LogP contribution is -2.39. The number of benzene rings is 1. The summed E-state index contributed by atoms with van der Waals surface area (Å²) < 4.78 is 27.2. The molecule has 4 nitrogen and oxygen atoms in total. The van der Waals surface area contributed by atoms with Gasteiger partial charge in [-0.2, -0.15) is 0 Å². The molecule has 0 aromatic heterocycles. The molecular formula is C15H21F2N3O. The van der Waals surface area contributed by atoms with E-state index in [-0.39, 0.29) is 11.6 Å². The first-order valence-corrected chi connectivity index (χ1v) is 7.19. The van der Waals surface area contributed by atoms with Crippen molar-refractivity contribution in [1.29, 1.82) is 0 Å². The summed E-state index contributed by atoms with van der Waals surface area (Å²) in [5, 5.41) is 2.85. The summed E-state index contributed by atoms with van der Waals surface area (Å²) in [6, 6.07) is 2.03. The molecule has 3 atom stereocenters. The van der Waals surface area contributed by atoms with Crippen molar-refractivity contribution in [3.8, 4) is 0 Å². The van der Waals surface area contributed by atoms with Gasteiger partial charge in [0.1, 0.15) is 5.69 Å². The number of carbonyl (C=O) groups is 1. The third kappa shape index (κ3) is 3.50. The molecule has 3 unspecified atom stereocenters.